The molecule has 1 N–H and O–H groups in total. The Morgan fingerprint density at radius 1 is 1.13 bits per heavy atom. The lowest BCUT2D eigenvalue weighted by atomic mass is 10.0. The number of aromatic nitrogens is 2. The number of fused-ring (bicyclic) bond motifs is 1. The molecular weight excluding hydrogens is 329 g/mol. The Kier molecular flexibility index (Phi) is 3.64. The number of hydrogen-bond donors (Lipinski definition) is 1. The Labute approximate surface area is 133 Å². The predicted molar refractivity (Wildman–Crippen MR) is 82.5 cm³/mol. The highest BCUT2D eigenvalue weighted by Gasteiger charge is 2.33. The summed E-state index contributed by atoms with van der Waals surface area (Å²) in [4.78, 5) is 18.9. The third-order valence-electron chi connectivity index (χ3n) is 3.56. The Hall–Kier alpha value is -2.34. The minimum absolute atomic E-state index is 0.0849. The fraction of sp³-hybridized carbons (Fsp3) is 0.125. The van der Waals surface area contributed by atoms with E-state index in [0.717, 1.165) is 6.07 Å². The number of benzene rings is 2. The van der Waals surface area contributed by atoms with E-state index in [2.05, 4.69) is 9.97 Å². The maximum atomic E-state index is 12.9. The summed E-state index contributed by atoms with van der Waals surface area (Å²) in [5.41, 5.74) is -0.596. The number of nitrogens with zero attached hydrogens (tertiary/aromatic N) is 1. The van der Waals surface area contributed by atoms with Crippen molar-refractivity contribution in [2.24, 2.45) is 0 Å². The van der Waals surface area contributed by atoms with Crippen molar-refractivity contribution in [3.05, 3.63) is 62.9 Å². The molecule has 0 saturated heterocycles. The number of H-pyrrole nitrogens is 1. The lowest BCUT2D eigenvalue weighted by molar-refractivity contribution is -0.138. The van der Waals surface area contributed by atoms with E-state index in [1.165, 1.54) is 13.0 Å². The van der Waals surface area contributed by atoms with Crippen LogP contribution in [0.25, 0.3) is 22.3 Å². The van der Waals surface area contributed by atoms with Gasteiger partial charge >= 0.3 is 6.18 Å². The first-order chi connectivity index (χ1) is 10.8. The fourth-order valence-corrected chi connectivity index (χ4v) is 2.64. The molecule has 0 amide bonds. The second-order valence-corrected chi connectivity index (χ2v) is 5.41. The molecule has 0 unspecified atom stereocenters. The van der Waals surface area contributed by atoms with Gasteiger partial charge in [0.15, 0.2) is 0 Å². The number of aromatic amines is 1. The Morgan fingerprint density at radius 3 is 2.52 bits per heavy atom. The zero-order valence-electron chi connectivity index (χ0n) is 11.8. The van der Waals surface area contributed by atoms with Crippen LogP contribution in [0.5, 0.6) is 0 Å². The third-order valence-corrected chi connectivity index (χ3v) is 4.05. The van der Waals surface area contributed by atoms with Gasteiger partial charge in [-0.3, -0.25) is 4.79 Å². The van der Waals surface area contributed by atoms with Crippen LogP contribution in [0.4, 0.5) is 13.2 Å². The topological polar surface area (TPSA) is 45.8 Å². The molecule has 118 valence electrons. The van der Waals surface area contributed by atoms with Gasteiger partial charge in [-0.1, -0.05) is 23.7 Å². The van der Waals surface area contributed by atoms with E-state index in [1.54, 1.807) is 24.3 Å². The summed E-state index contributed by atoms with van der Waals surface area (Å²) in [5, 5.41) is 0.314. The quantitative estimate of drug-likeness (QED) is 0.706. The molecular formula is C16H10ClF3N2O. The number of rotatable bonds is 1. The lowest BCUT2D eigenvalue weighted by Gasteiger charge is -2.14. The average molecular weight is 339 g/mol. The van der Waals surface area contributed by atoms with E-state index in [9.17, 15) is 18.0 Å². The van der Waals surface area contributed by atoms with Crippen LogP contribution in [0, 0.1) is 6.92 Å². The monoisotopic (exact) mass is 338 g/mol. The standard InChI is InChI=1S/C16H10ClF3N2O/c1-8-11(16(18,19)20)7-6-10(13(8)17)14-21-12-5-3-2-4-9(12)15(23)22-14/h2-7H,1H3,(H,21,22,23). The highest BCUT2D eigenvalue weighted by Crippen LogP contribution is 2.38. The largest absolute Gasteiger partial charge is 0.416 e. The molecule has 1 heterocycles. The van der Waals surface area contributed by atoms with Gasteiger partial charge in [0.25, 0.3) is 5.56 Å². The second kappa shape index (κ2) is 5.38. The van der Waals surface area contributed by atoms with E-state index in [1.807, 2.05) is 0 Å². The summed E-state index contributed by atoms with van der Waals surface area (Å²) < 4.78 is 38.7. The molecule has 0 aliphatic carbocycles. The van der Waals surface area contributed by atoms with Crippen LogP contribution < -0.4 is 5.56 Å². The van der Waals surface area contributed by atoms with Crippen molar-refractivity contribution in [1.82, 2.24) is 9.97 Å². The Balaban J connectivity index is 2.24. The highest BCUT2D eigenvalue weighted by atomic mass is 35.5. The van der Waals surface area contributed by atoms with E-state index in [4.69, 9.17) is 11.6 Å². The molecule has 0 radical (unpaired) electrons. The molecule has 23 heavy (non-hydrogen) atoms. The van der Waals surface area contributed by atoms with Crippen LogP contribution in [0.2, 0.25) is 5.02 Å². The average Bonchev–Trinajstić information content (AvgIpc) is 2.48. The molecule has 3 aromatic rings. The van der Waals surface area contributed by atoms with Crippen LogP contribution in [0.15, 0.2) is 41.2 Å². The zero-order valence-corrected chi connectivity index (χ0v) is 12.6. The van der Waals surface area contributed by atoms with Crippen molar-refractivity contribution in [3.8, 4) is 11.4 Å². The van der Waals surface area contributed by atoms with Gasteiger partial charge < -0.3 is 4.98 Å². The molecule has 1 aromatic heterocycles. The fourth-order valence-electron chi connectivity index (χ4n) is 2.39. The van der Waals surface area contributed by atoms with Gasteiger partial charge in [0, 0.05) is 5.56 Å². The molecule has 0 atom stereocenters. The first kappa shape index (κ1) is 15.6. The van der Waals surface area contributed by atoms with Gasteiger partial charge in [0.1, 0.15) is 5.82 Å². The van der Waals surface area contributed by atoms with Gasteiger partial charge in [0.05, 0.1) is 21.5 Å². The summed E-state index contributed by atoms with van der Waals surface area (Å²) in [6.07, 6.45) is -4.49. The van der Waals surface area contributed by atoms with Crippen molar-refractivity contribution in [1.29, 1.82) is 0 Å². The highest BCUT2D eigenvalue weighted by molar-refractivity contribution is 6.34. The molecule has 3 rings (SSSR count). The third kappa shape index (κ3) is 2.70. The molecule has 2 aromatic carbocycles. The van der Waals surface area contributed by atoms with Crippen LogP contribution in [-0.2, 0) is 6.18 Å². The Bertz CT molecular complexity index is 964. The van der Waals surface area contributed by atoms with Crippen LogP contribution >= 0.6 is 11.6 Å². The van der Waals surface area contributed by atoms with E-state index in [-0.39, 0.29) is 27.5 Å². The van der Waals surface area contributed by atoms with Crippen molar-refractivity contribution >= 4 is 22.5 Å². The van der Waals surface area contributed by atoms with Crippen LogP contribution in [-0.4, -0.2) is 9.97 Å². The number of nitrogens with one attached hydrogen (secondary N) is 1. The first-order valence-electron chi connectivity index (χ1n) is 6.65. The van der Waals surface area contributed by atoms with E-state index in [0.29, 0.717) is 10.9 Å². The van der Waals surface area contributed by atoms with E-state index < -0.39 is 11.7 Å². The summed E-state index contributed by atoms with van der Waals surface area (Å²) >= 11 is 6.08. The second-order valence-electron chi connectivity index (χ2n) is 5.03. The molecule has 0 bridgehead atoms. The van der Waals surface area contributed by atoms with Crippen molar-refractivity contribution < 1.29 is 13.2 Å². The summed E-state index contributed by atoms with van der Waals surface area (Å²) in [7, 11) is 0. The maximum absolute atomic E-state index is 12.9. The predicted octanol–water partition coefficient (Wildman–Crippen LogP) is 4.57. The SMILES string of the molecule is Cc1c(C(F)(F)F)ccc(-c2nc3ccccc3c(=O)[nH]2)c1Cl. The smallest absolute Gasteiger partial charge is 0.306 e. The van der Waals surface area contributed by atoms with Gasteiger partial charge in [0.2, 0.25) is 0 Å². The molecule has 0 aliphatic rings. The van der Waals surface area contributed by atoms with Gasteiger partial charge in [-0.05, 0) is 36.8 Å². The zero-order chi connectivity index (χ0) is 16.8. The Morgan fingerprint density at radius 2 is 1.83 bits per heavy atom. The minimum Gasteiger partial charge on any atom is -0.306 e. The molecule has 0 saturated carbocycles. The number of halogens is 4. The normalized spacial score (nSPS) is 11.9. The number of alkyl halides is 3. The molecule has 0 spiro atoms. The lowest BCUT2D eigenvalue weighted by Crippen LogP contribution is -2.11. The number of para-hydroxylation sites is 1. The molecule has 0 fully saturated rings. The van der Waals surface area contributed by atoms with E-state index >= 15 is 0 Å². The van der Waals surface area contributed by atoms with Gasteiger partial charge in [-0.25, -0.2) is 4.98 Å². The van der Waals surface area contributed by atoms with Gasteiger partial charge in [-0.15, -0.1) is 0 Å². The van der Waals surface area contributed by atoms with Gasteiger partial charge in [-0.2, -0.15) is 13.2 Å². The summed E-state index contributed by atoms with van der Waals surface area (Å²) in [6.45, 7) is 1.29. The van der Waals surface area contributed by atoms with Crippen molar-refractivity contribution in [2.75, 3.05) is 0 Å². The van der Waals surface area contributed by atoms with Crippen LogP contribution in [0.1, 0.15) is 11.1 Å². The molecule has 7 heteroatoms. The summed E-state index contributed by atoms with van der Waals surface area (Å²) in [5.74, 6) is 0.135. The van der Waals surface area contributed by atoms with Crippen molar-refractivity contribution in [2.45, 2.75) is 13.1 Å². The molecule has 0 aliphatic heterocycles. The maximum Gasteiger partial charge on any atom is 0.416 e. The minimum atomic E-state index is -4.49. The van der Waals surface area contributed by atoms with Crippen LogP contribution in [0.3, 0.4) is 0 Å². The summed E-state index contributed by atoms with van der Waals surface area (Å²) in [6, 6.07) is 8.84. The molecule has 3 nitrogen and oxygen atoms in total. The number of hydrogen-bond acceptors (Lipinski definition) is 2. The first-order valence-corrected chi connectivity index (χ1v) is 7.02. The van der Waals surface area contributed by atoms with Crippen molar-refractivity contribution in [3.63, 3.8) is 0 Å².